The van der Waals surface area contributed by atoms with Gasteiger partial charge in [0.2, 0.25) is 5.88 Å². The molecule has 2 aromatic carbocycles. The summed E-state index contributed by atoms with van der Waals surface area (Å²) in [7, 11) is 0. The van der Waals surface area contributed by atoms with E-state index in [1.165, 1.54) is 5.56 Å². The largest absolute Gasteiger partial charge is 0.411 e. The van der Waals surface area contributed by atoms with Gasteiger partial charge in [0, 0.05) is 48.3 Å². The number of carbonyl (C=O) groups excluding carboxylic acids is 1. The number of nitrogens with zero attached hydrogens (tertiary/aromatic N) is 1. The maximum atomic E-state index is 11.4. The molecule has 1 spiro atoms. The van der Waals surface area contributed by atoms with Gasteiger partial charge in [0.1, 0.15) is 0 Å². The third-order valence-electron chi connectivity index (χ3n) is 5.79. The van der Waals surface area contributed by atoms with Gasteiger partial charge in [-0.25, -0.2) is 4.79 Å². The lowest BCUT2D eigenvalue weighted by molar-refractivity contribution is -0.185. The number of ether oxygens (including phenoxy) is 3. The van der Waals surface area contributed by atoms with Crippen LogP contribution in [-0.4, -0.2) is 48.1 Å². The number of amides is 1. The first-order valence-electron chi connectivity index (χ1n) is 10.5. The Morgan fingerprint density at radius 3 is 2.58 bits per heavy atom. The predicted octanol–water partition coefficient (Wildman–Crippen LogP) is 4.12. The van der Waals surface area contributed by atoms with Crippen molar-refractivity contribution in [2.45, 2.75) is 35.0 Å². The Hall–Kier alpha value is -2.52. The number of aromatic amines is 1. The number of hydrogen-bond donors (Lipinski definition) is 2. The molecule has 2 fully saturated rings. The van der Waals surface area contributed by atoms with E-state index in [0.29, 0.717) is 19.1 Å². The van der Waals surface area contributed by atoms with E-state index in [-0.39, 0.29) is 5.79 Å². The standard InChI is InChI=1S/C23H25N3O4S/c24-22(27)30-21-20(31-17-4-2-1-3-5-17)18-14-16(6-7-19(18)25-21)15-26-10-8-23(9-11-26)28-12-13-29-23/h1-7,14,25H,8-13,15H2,(H2,24,27). The van der Waals surface area contributed by atoms with E-state index in [9.17, 15) is 4.79 Å². The second-order valence-corrected chi connectivity index (χ2v) is 8.97. The van der Waals surface area contributed by atoms with Gasteiger partial charge in [0.05, 0.1) is 18.1 Å². The van der Waals surface area contributed by atoms with Crippen LogP contribution in [0.1, 0.15) is 18.4 Å². The van der Waals surface area contributed by atoms with Gasteiger partial charge in [-0.3, -0.25) is 4.90 Å². The average molecular weight is 440 g/mol. The van der Waals surface area contributed by atoms with Crippen LogP contribution in [0.2, 0.25) is 0 Å². The minimum atomic E-state index is -0.833. The maximum absolute atomic E-state index is 11.4. The molecule has 2 aliphatic heterocycles. The van der Waals surface area contributed by atoms with Crippen molar-refractivity contribution in [3.63, 3.8) is 0 Å². The van der Waals surface area contributed by atoms with Crippen molar-refractivity contribution in [1.82, 2.24) is 9.88 Å². The van der Waals surface area contributed by atoms with Crippen LogP contribution in [0.15, 0.2) is 58.3 Å². The van der Waals surface area contributed by atoms with Crippen LogP contribution in [0.4, 0.5) is 4.79 Å². The fraction of sp³-hybridized carbons (Fsp3) is 0.348. The molecule has 0 radical (unpaired) electrons. The molecular weight excluding hydrogens is 414 g/mol. The quantitative estimate of drug-likeness (QED) is 0.622. The average Bonchev–Trinajstić information content (AvgIpc) is 3.35. The van der Waals surface area contributed by atoms with E-state index in [1.54, 1.807) is 11.8 Å². The Labute approximate surface area is 184 Å². The number of nitrogens with two attached hydrogens (primary N) is 1. The molecule has 5 rings (SSSR count). The second-order valence-electron chi connectivity index (χ2n) is 7.88. The fourth-order valence-electron chi connectivity index (χ4n) is 4.26. The number of likely N-dealkylation sites (tertiary alicyclic amines) is 1. The zero-order valence-corrected chi connectivity index (χ0v) is 18.0. The van der Waals surface area contributed by atoms with Crippen LogP contribution in [-0.2, 0) is 16.0 Å². The van der Waals surface area contributed by atoms with Crippen molar-refractivity contribution < 1.29 is 19.0 Å². The van der Waals surface area contributed by atoms with Crippen LogP contribution in [0.3, 0.4) is 0 Å². The Morgan fingerprint density at radius 2 is 1.87 bits per heavy atom. The highest BCUT2D eigenvalue weighted by Gasteiger charge is 2.39. The van der Waals surface area contributed by atoms with Gasteiger partial charge >= 0.3 is 6.09 Å². The Balaban J connectivity index is 1.39. The highest BCUT2D eigenvalue weighted by molar-refractivity contribution is 7.99. The van der Waals surface area contributed by atoms with Crippen molar-refractivity contribution in [3.8, 4) is 5.88 Å². The van der Waals surface area contributed by atoms with E-state index >= 15 is 0 Å². The first kappa shape index (κ1) is 20.4. The lowest BCUT2D eigenvalue weighted by Gasteiger charge is -2.37. The number of H-pyrrole nitrogens is 1. The van der Waals surface area contributed by atoms with Crippen LogP contribution in [0.5, 0.6) is 5.88 Å². The summed E-state index contributed by atoms with van der Waals surface area (Å²) in [5, 5.41) is 1.01. The normalized spacial score (nSPS) is 18.6. The minimum absolute atomic E-state index is 0.360. The van der Waals surface area contributed by atoms with Crippen molar-refractivity contribution in [2.75, 3.05) is 26.3 Å². The van der Waals surface area contributed by atoms with Crippen molar-refractivity contribution in [3.05, 3.63) is 54.1 Å². The molecule has 0 bridgehead atoms. The number of benzene rings is 2. The molecule has 162 valence electrons. The molecule has 1 aromatic heterocycles. The second kappa shape index (κ2) is 8.55. The Bertz CT molecular complexity index is 1070. The molecule has 31 heavy (non-hydrogen) atoms. The summed E-state index contributed by atoms with van der Waals surface area (Å²) in [6.07, 6.45) is 0.955. The van der Waals surface area contributed by atoms with Crippen molar-refractivity contribution in [2.24, 2.45) is 5.73 Å². The van der Waals surface area contributed by atoms with Crippen LogP contribution in [0, 0.1) is 0 Å². The maximum Gasteiger partial charge on any atom is 0.411 e. The van der Waals surface area contributed by atoms with Gasteiger partial charge in [-0.15, -0.1) is 0 Å². The van der Waals surface area contributed by atoms with Gasteiger partial charge in [0.15, 0.2) is 5.79 Å². The summed E-state index contributed by atoms with van der Waals surface area (Å²) in [4.78, 5) is 19.0. The number of piperidine rings is 1. The molecule has 8 heteroatoms. The molecule has 2 aliphatic rings. The van der Waals surface area contributed by atoms with Gasteiger partial charge in [-0.1, -0.05) is 36.0 Å². The Kier molecular flexibility index (Phi) is 5.62. The zero-order chi connectivity index (χ0) is 21.3. The van der Waals surface area contributed by atoms with E-state index < -0.39 is 6.09 Å². The Morgan fingerprint density at radius 1 is 1.13 bits per heavy atom. The van der Waals surface area contributed by atoms with Crippen molar-refractivity contribution >= 4 is 28.8 Å². The number of carbonyl (C=O) groups is 1. The molecule has 3 aromatic rings. The van der Waals surface area contributed by atoms with Gasteiger partial charge in [0.25, 0.3) is 0 Å². The highest BCUT2D eigenvalue weighted by Crippen LogP contribution is 2.41. The summed E-state index contributed by atoms with van der Waals surface area (Å²) in [6.45, 7) is 4.11. The van der Waals surface area contributed by atoms with Crippen LogP contribution in [0.25, 0.3) is 10.9 Å². The zero-order valence-electron chi connectivity index (χ0n) is 17.1. The topological polar surface area (TPSA) is 89.8 Å². The lowest BCUT2D eigenvalue weighted by atomic mass is 10.0. The van der Waals surface area contributed by atoms with Gasteiger partial charge in [-0.2, -0.15) is 0 Å². The molecule has 0 saturated carbocycles. The third-order valence-corrected chi connectivity index (χ3v) is 6.90. The monoisotopic (exact) mass is 439 g/mol. The fourth-order valence-corrected chi connectivity index (χ4v) is 5.26. The summed E-state index contributed by atoms with van der Waals surface area (Å²) in [6, 6.07) is 16.3. The van der Waals surface area contributed by atoms with E-state index in [4.69, 9.17) is 19.9 Å². The lowest BCUT2D eigenvalue weighted by Crippen LogP contribution is -2.44. The van der Waals surface area contributed by atoms with Crippen LogP contribution >= 0.6 is 11.8 Å². The van der Waals surface area contributed by atoms with Crippen molar-refractivity contribution in [1.29, 1.82) is 0 Å². The van der Waals surface area contributed by atoms with Gasteiger partial charge in [-0.05, 0) is 29.8 Å². The number of hydrogen-bond acceptors (Lipinski definition) is 6. The molecule has 0 aliphatic carbocycles. The first-order chi connectivity index (χ1) is 15.1. The number of primary amides is 1. The number of rotatable bonds is 5. The van der Waals surface area contributed by atoms with E-state index in [2.05, 4.69) is 22.0 Å². The summed E-state index contributed by atoms with van der Waals surface area (Å²) in [5.74, 6) is 0.0191. The molecule has 3 heterocycles. The summed E-state index contributed by atoms with van der Waals surface area (Å²) < 4.78 is 16.9. The minimum Gasteiger partial charge on any atom is -0.392 e. The van der Waals surface area contributed by atoms with E-state index in [0.717, 1.165) is 53.2 Å². The summed E-state index contributed by atoms with van der Waals surface area (Å²) in [5.41, 5.74) is 7.41. The van der Waals surface area contributed by atoms with Crippen LogP contribution < -0.4 is 10.5 Å². The molecule has 1 amide bonds. The molecule has 0 unspecified atom stereocenters. The first-order valence-corrected chi connectivity index (χ1v) is 11.3. The highest BCUT2D eigenvalue weighted by atomic mass is 32.2. The molecule has 7 nitrogen and oxygen atoms in total. The number of fused-ring (bicyclic) bond motifs is 1. The SMILES string of the molecule is NC(=O)Oc1[nH]c2ccc(CN3CCC4(CC3)OCCO4)cc2c1Sc1ccccc1. The predicted molar refractivity (Wildman–Crippen MR) is 118 cm³/mol. The summed E-state index contributed by atoms with van der Waals surface area (Å²) >= 11 is 1.55. The third kappa shape index (κ3) is 4.43. The van der Waals surface area contributed by atoms with E-state index in [1.807, 2.05) is 36.4 Å². The molecule has 3 N–H and O–H groups in total. The number of nitrogens with one attached hydrogen (secondary N) is 1. The smallest absolute Gasteiger partial charge is 0.392 e. The molecule has 0 atom stereocenters. The molecule has 2 saturated heterocycles. The molecular formula is C23H25N3O4S. The van der Waals surface area contributed by atoms with Gasteiger partial charge < -0.3 is 24.9 Å². The number of aromatic nitrogens is 1.